The standard InChI is InChI=1S/C13H22N4OS2/c1-3-9(8-19-2)15-12(18)10-11(14)16-13(20-10)17-6-4-5-7-17/h9H,3-8,14H2,1-2H3,(H,15,18). The molecule has 0 radical (unpaired) electrons. The fourth-order valence-corrected chi connectivity index (χ4v) is 3.90. The van der Waals surface area contributed by atoms with Gasteiger partial charge < -0.3 is 16.0 Å². The minimum absolute atomic E-state index is 0.0913. The lowest BCUT2D eigenvalue weighted by Gasteiger charge is -2.15. The molecule has 1 amide bonds. The third-order valence-corrected chi connectivity index (χ3v) is 5.29. The maximum Gasteiger partial charge on any atom is 0.265 e. The number of hydrogen-bond donors (Lipinski definition) is 2. The second-order valence-corrected chi connectivity index (χ2v) is 6.83. The van der Waals surface area contributed by atoms with E-state index in [0.717, 1.165) is 30.4 Å². The molecule has 0 aliphatic carbocycles. The van der Waals surface area contributed by atoms with Gasteiger partial charge in [-0.15, -0.1) is 0 Å². The molecule has 1 unspecified atom stereocenters. The topological polar surface area (TPSA) is 71.2 Å². The zero-order valence-electron chi connectivity index (χ0n) is 12.0. The van der Waals surface area contributed by atoms with Gasteiger partial charge in [0.05, 0.1) is 0 Å². The molecular weight excluding hydrogens is 292 g/mol. The van der Waals surface area contributed by atoms with Gasteiger partial charge in [0.2, 0.25) is 0 Å². The number of hydrogen-bond acceptors (Lipinski definition) is 6. The number of rotatable bonds is 6. The van der Waals surface area contributed by atoms with Crippen LogP contribution in [0.1, 0.15) is 35.9 Å². The molecule has 5 nitrogen and oxygen atoms in total. The summed E-state index contributed by atoms with van der Waals surface area (Å²) in [6, 6.07) is 0.189. The van der Waals surface area contributed by atoms with Gasteiger partial charge in [-0.2, -0.15) is 11.8 Å². The molecule has 1 aromatic heterocycles. The highest BCUT2D eigenvalue weighted by Gasteiger charge is 2.22. The summed E-state index contributed by atoms with van der Waals surface area (Å²) >= 11 is 3.14. The van der Waals surface area contributed by atoms with Crippen molar-refractivity contribution in [1.29, 1.82) is 0 Å². The number of carbonyl (C=O) groups excluding carboxylic acids is 1. The molecule has 112 valence electrons. The van der Waals surface area contributed by atoms with E-state index < -0.39 is 0 Å². The molecule has 2 heterocycles. The molecule has 1 aromatic rings. The molecule has 0 saturated carbocycles. The molecule has 1 aliphatic heterocycles. The van der Waals surface area contributed by atoms with E-state index in [1.54, 1.807) is 11.8 Å². The third kappa shape index (κ3) is 3.58. The Hall–Kier alpha value is -0.950. The minimum atomic E-state index is -0.0913. The van der Waals surface area contributed by atoms with Crippen molar-refractivity contribution >= 4 is 40.0 Å². The van der Waals surface area contributed by atoms with Gasteiger partial charge in [-0.05, 0) is 25.5 Å². The summed E-state index contributed by atoms with van der Waals surface area (Å²) in [6.07, 6.45) is 5.34. The lowest BCUT2D eigenvalue weighted by atomic mass is 10.2. The number of thiazole rings is 1. The molecule has 0 bridgehead atoms. The lowest BCUT2D eigenvalue weighted by Crippen LogP contribution is -2.36. The van der Waals surface area contributed by atoms with Crippen LogP contribution in [0.4, 0.5) is 10.9 Å². The molecule has 20 heavy (non-hydrogen) atoms. The summed E-state index contributed by atoms with van der Waals surface area (Å²) in [7, 11) is 0. The van der Waals surface area contributed by atoms with E-state index in [1.165, 1.54) is 24.2 Å². The first-order valence-electron chi connectivity index (χ1n) is 6.96. The van der Waals surface area contributed by atoms with Gasteiger partial charge in [0, 0.05) is 24.9 Å². The predicted octanol–water partition coefficient (Wildman–Crippen LogP) is 2.20. The Bertz CT molecular complexity index is 457. The van der Waals surface area contributed by atoms with Crippen LogP contribution >= 0.6 is 23.1 Å². The Balaban J connectivity index is 2.05. The molecule has 0 spiro atoms. The number of nitrogens with one attached hydrogen (secondary N) is 1. The molecule has 2 rings (SSSR count). The highest BCUT2D eigenvalue weighted by molar-refractivity contribution is 7.98. The van der Waals surface area contributed by atoms with Crippen LogP contribution in [0.5, 0.6) is 0 Å². The number of nitrogens with two attached hydrogens (primary N) is 1. The summed E-state index contributed by atoms with van der Waals surface area (Å²) in [5, 5.41) is 3.92. The van der Waals surface area contributed by atoms with Gasteiger partial charge in [-0.25, -0.2) is 4.98 Å². The Morgan fingerprint density at radius 3 is 2.85 bits per heavy atom. The Labute approximate surface area is 128 Å². The molecule has 7 heteroatoms. The van der Waals surface area contributed by atoms with Crippen molar-refractivity contribution in [2.45, 2.75) is 32.2 Å². The largest absolute Gasteiger partial charge is 0.382 e. The van der Waals surface area contributed by atoms with Gasteiger partial charge in [0.25, 0.3) is 5.91 Å². The maximum atomic E-state index is 12.3. The van der Waals surface area contributed by atoms with Crippen LogP contribution < -0.4 is 16.0 Å². The van der Waals surface area contributed by atoms with Crippen molar-refractivity contribution in [3.8, 4) is 0 Å². The third-order valence-electron chi connectivity index (χ3n) is 3.42. The highest BCUT2D eigenvalue weighted by Crippen LogP contribution is 2.30. The monoisotopic (exact) mass is 314 g/mol. The summed E-state index contributed by atoms with van der Waals surface area (Å²) in [4.78, 5) is 19.4. The molecule has 0 aromatic carbocycles. The second kappa shape index (κ2) is 7.17. The molecule has 1 fully saturated rings. The van der Waals surface area contributed by atoms with Crippen molar-refractivity contribution in [2.75, 3.05) is 35.7 Å². The molecule has 1 saturated heterocycles. The van der Waals surface area contributed by atoms with Crippen molar-refractivity contribution in [2.24, 2.45) is 0 Å². The average Bonchev–Trinajstić information content (AvgIpc) is 3.06. The number of aromatic nitrogens is 1. The van der Waals surface area contributed by atoms with Crippen LogP contribution in [-0.4, -0.2) is 42.0 Å². The van der Waals surface area contributed by atoms with E-state index in [9.17, 15) is 4.79 Å². The summed E-state index contributed by atoms with van der Waals surface area (Å²) in [5.41, 5.74) is 5.91. The van der Waals surface area contributed by atoms with Crippen LogP contribution in [0.25, 0.3) is 0 Å². The maximum absolute atomic E-state index is 12.3. The summed E-state index contributed by atoms with van der Waals surface area (Å²) in [6.45, 7) is 4.10. The van der Waals surface area contributed by atoms with Crippen molar-refractivity contribution in [1.82, 2.24) is 10.3 Å². The first-order valence-corrected chi connectivity index (χ1v) is 9.17. The van der Waals surface area contributed by atoms with Crippen molar-refractivity contribution < 1.29 is 4.79 Å². The number of carbonyl (C=O) groups is 1. The number of nitrogen functional groups attached to an aromatic ring is 1. The smallest absolute Gasteiger partial charge is 0.265 e. The number of nitrogens with zero attached hydrogens (tertiary/aromatic N) is 2. The fraction of sp³-hybridized carbons (Fsp3) is 0.692. The minimum Gasteiger partial charge on any atom is -0.382 e. The first kappa shape index (κ1) is 15.4. The predicted molar refractivity (Wildman–Crippen MR) is 87.9 cm³/mol. The summed E-state index contributed by atoms with van der Waals surface area (Å²) < 4.78 is 0. The highest BCUT2D eigenvalue weighted by atomic mass is 32.2. The Kier molecular flexibility index (Phi) is 5.54. The number of anilines is 2. The zero-order chi connectivity index (χ0) is 14.5. The first-order chi connectivity index (χ1) is 9.65. The van der Waals surface area contributed by atoms with E-state index in [2.05, 4.69) is 22.1 Å². The Morgan fingerprint density at radius 2 is 2.25 bits per heavy atom. The average molecular weight is 314 g/mol. The van der Waals surface area contributed by atoms with Gasteiger partial charge in [0.1, 0.15) is 10.7 Å². The van der Waals surface area contributed by atoms with Gasteiger partial charge >= 0.3 is 0 Å². The normalized spacial score (nSPS) is 16.4. The van der Waals surface area contributed by atoms with E-state index in [1.807, 2.05) is 6.26 Å². The van der Waals surface area contributed by atoms with Crippen LogP contribution in [0.15, 0.2) is 0 Å². The van der Waals surface area contributed by atoms with Crippen LogP contribution in [0, 0.1) is 0 Å². The van der Waals surface area contributed by atoms with Gasteiger partial charge in [-0.3, -0.25) is 4.79 Å². The summed E-state index contributed by atoms with van der Waals surface area (Å²) in [5.74, 6) is 1.18. The fourth-order valence-electron chi connectivity index (χ4n) is 2.24. The van der Waals surface area contributed by atoms with E-state index in [4.69, 9.17) is 5.73 Å². The van der Waals surface area contributed by atoms with Gasteiger partial charge in [-0.1, -0.05) is 18.3 Å². The van der Waals surface area contributed by atoms with E-state index in [0.29, 0.717) is 10.7 Å². The van der Waals surface area contributed by atoms with Gasteiger partial charge in [0.15, 0.2) is 5.13 Å². The van der Waals surface area contributed by atoms with Crippen molar-refractivity contribution in [3.05, 3.63) is 4.88 Å². The quantitative estimate of drug-likeness (QED) is 0.842. The molecular formula is C13H22N4OS2. The number of thioether (sulfide) groups is 1. The lowest BCUT2D eigenvalue weighted by molar-refractivity contribution is 0.0945. The SMILES string of the molecule is CCC(CSC)NC(=O)c1sc(N2CCCC2)nc1N. The van der Waals surface area contributed by atoms with Crippen molar-refractivity contribution in [3.63, 3.8) is 0 Å². The number of amides is 1. The van der Waals surface area contributed by atoms with E-state index in [-0.39, 0.29) is 11.9 Å². The van der Waals surface area contributed by atoms with Crippen LogP contribution in [0.2, 0.25) is 0 Å². The molecule has 1 aliphatic rings. The Morgan fingerprint density at radius 1 is 1.55 bits per heavy atom. The molecule has 3 N–H and O–H groups in total. The molecule has 1 atom stereocenters. The zero-order valence-corrected chi connectivity index (χ0v) is 13.6. The second-order valence-electron chi connectivity index (χ2n) is 4.94. The van der Waals surface area contributed by atoms with Crippen LogP contribution in [-0.2, 0) is 0 Å². The van der Waals surface area contributed by atoms with E-state index >= 15 is 0 Å². The van der Waals surface area contributed by atoms with Crippen LogP contribution in [0.3, 0.4) is 0 Å².